The molecule has 2 aliphatic carbocycles. The summed E-state index contributed by atoms with van der Waals surface area (Å²) < 4.78 is 0. The largest absolute Gasteiger partial charge is 0.241 e. The zero-order valence-corrected chi connectivity index (χ0v) is 7.76. The molecule has 0 amide bonds. The Morgan fingerprint density at radius 1 is 1.25 bits per heavy atom. The molecule has 3 rings (SSSR count). The molecule has 0 aromatic heterocycles. The van der Waals surface area contributed by atoms with Crippen LogP contribution >= 0.6 is 0 Å². The van der Waals surface area contributed by atoms with E-state index in [-0.39, 0.29) is 0 Å². The van der Waals surface area contributed by atoms with Gasteiger partial charge in [0, 0.05) is 13.1 Å². The molecule has 1 nitrogen and oxygen atoms in total. The molecule has 1 heteroatoms. The molecular formula is C11H18N. The van der Waals surface area contributed by atoms with Crippen molar-refractivity contribution < 1.29 is 0 Å². The first-order chi connectivity index (χ1) is 5.89. The molecule has 1 aliphatic heterocycles. The Morgan fingerprint density at radius 3 is 2.83 bits per heavy atom. The van der Waals surface area contributed by atoms with Crippen LogP contribution in [0.15, 0.2) is 0 Å². The van der Waals surface area contributed by atoms with Crippen LogP contribution in [0.3, 0.4) is 0 Å². The van der Waals surface area contributed by atoms with E-state index >= 15 is 0 Å². The van der Waals surface area contributed by atoms with E-state index in [1.54, 1.807) is 6.42 Å². The van der Waals surface area contributed by atoms with Gasteiger partial charge in [-0.15, -0.1) is 0 Å². The van der Waals surface area contributed by atoms with Gasteiger partial charge in [0.1, 0.15) is 0 Å². The van der Waals surface area contributed by atoms with Crippen molar-refractivity contribution in [3.8, 4) is 0 Å². The van der Waals surface area contributed by atoms with Crippen molar-refractivity contribution in [1.82, 2.24) is 5.32 Å². The quantitative estimate of drug-likeness (QED) is 0.521. The lowest BCUT2D eigenvalue weighted by Gasteiger charge is -2.40. The summed E-state index contributed by atoms with van der Waals surface area (Å²) in [6.07, 6.45) is 9.02. The molecule has 2 bridgehead atoms. The second kappa shape index (κ2) is 2.47. The number of nitrogens with zero attached hydrogens (tertiary/aromatic N) is 1. The van der Waals surface area contributed by atoms with Gasteiger partial charge < -0.3 is 0 Å². The Balaban J connectivity index is 1.81. The van der Waals surface area contributed by atoms with Crippen LogP contribution < -0.4 is 5.32 Å². The molecule has 0 N–H and O–H groups in total. The highest BCUT2D eigenvalue weighted by Gasteiger charge is 2.50. The molecule has 1 spiro atoms. The molecule has 3 aliphatic rings. The van der Waals surface area contributed by atoms with E-state index in [0.29, 0.717) is 0 Å². The summed E-state index contributed by atoms with van der Waals surface area (Å²) in [7, 11) is 0. The molecule has 0 aromatic rings. The van der Waals surface area contributed by atoms with Crippen LogP contribution in [0.25, 0.3) is 0 Å². The topological polar surface area (TPSA) is 14.1 Å². The Kier molecular flexibility index (Phi) is 1.52. The highest BCUT2D eigenvalue weighted by Crippen LogP contribution is 2.58. The van der Waals surface area contributed by atoms with Gasteiger partial charge in [-0.3, -0.25) is 0 Å². The van der Waals surface area contributed by atoms with E-state index in [4.69, 9.17) is 0 Å². The van der Waals surface area contributed by atoms with Crippen LogP contribution in [0.2, 0.25) is 0 Å². The zero-order valence-electron chi connectivity index (χ0n) is 7.76. The van der Waals surface area contributed by atoms with Gasteiger partial charge in [0.2, 0.25) is 0 Å². The third-order valence-electron chi connectivity index (χ3n) is 4.52. The zero-order chi connectivity index (χ0) is 8.02. The number of hydrogen-bond acceptors (Lipinski definition) is 0. The van der Waals surface area contributed by atoms with Crippen molar-refractivity contribution in [3.63, 3.8) is 0 Å². The maximum Gasteiger partial charge on any atom is 0.0192 e. The molecule has 12 heavy (non-hydrogen) atoms. The average Bonchev–Trinajstić information content (AvgIpc) is 2.65. The molecule has 67 valence electrons. The van der Waals surface area contributed by atoms with Gasteiger partial charge in [-0.05, 0) is 49.4 Å². The van der Waals surface area contributed by atoms with Crippen LogP contribution in [-0.2, 0) is 0 Å². The summed E-state index contributed by atoms with van der Waals surface area (Å²) in [5, 5.41) is 4.63. The van der Waals surface area contributed by atoms with E-state index in [0.717, 1.165) is 23.8 Å². The van der Waals surface area contributed by atoms with Crippen molar-refractivity contribution in [2.75, 3.05) is 13.1 Å². The summed E-state index contributed by atoms with van der Waals surface area (Å²) in [5.74, 6) is 2.18. The molecule has 1 saturated heterocycles. The van der Waals surface area contributed by atoms with Crippen LogP contribution in [-0.4, -0.2) is 13.1 Å². The minimum absolute atomic E-state index is 0.723. The van der Waals surface area contributed by atoms with E-state index in [9.17, 15) is 0 Å². The van der Waals surface area contributed by atoms with Crippen LogP contribution in [0.4, 0.5) is 0 Å². The molecule has 3 fully saturated rings. The predicted octanol–water partition coefficient (Wildman–Crippen LogP) is 2.19. The fourth-order valence-corrected chi connectivity index (χ4v) is 3.98. The van der Waals surface area contributed by atoms with Crippen LogP contribution in [0.1, 0.15) is 38.5 Å². The highest BCUT2D eigenvalue weighted by molar-refractivity contribution is 5.02. The monoisotopic (exact) mass is 164 g/mol. The van der Waals surface area contributed by atoms with Gasteiger partial charge in [0.05, 0.1) is 0 Å². The first-order valence-electron chi connectivity index (χ1n) is 5.52. The molecule has 0 aromatic carbocycles. The van der Waals surface area contributed by atoms with E-state index in [2.05, 4.69) is 5.32 Å². The SMILES string of the molecule is C1C[N]CC2(C1)CC1CCC2C1. The maximum absolute atomic E-state index is 4.63. The Hall–Kier alpha value is -0.0400. The first-order valence-corrected chi connectivity index (χ1v) is 5.52. The summed E-state index contributed by atoms with van der Waals surface area (Å²) in [6.45, 7) is 2.37. The first kappa shape index (κ1) is 7.37. The van der Waals surface area contributed by atoms with Crippen LogP contribution in [0.5, 0.6) is 0 Å². The van der Waals surface area contributed by atoms with E-state index in [1.807, 2.05) is 0 Å². The smallest absolute Gasteiger partial charge is 0.0192 e. The minimum Gasteiger partial charge on any atom is -0.241 e. The second-order valence-electron chi connectivity index (χ2n) is 5.15. The van der Waals surface area contributed by atoms with Crippen molar-refractivity contribution >= 4 is 0 Å². The second-order valence-corrected chi connectivity index (χ2v) is 5.15. The van der Waals surface area contributed by atoms with Crippen molar-refractivity contribution in [1.29, 1.82) is 0 Å². The third-order valence-corrected chi connectivity index (χ3v) is 4.52. The Morgan fingerprint density at radius 2 is 2.25 bits per heavy atom. The maximum atomic E-state index is 4.63. The summed E-state index contributed by atoms with van der Waals surface area (Å²) in [6, 6.07) is 0. The van der Waals surface area contributed by atoms with Crippen molar-refractivity contribution in [3.05, 3.63) is 0 Å². The number of hydrogen-bond donors (Lipinski definition) is 0. The number of piperidine rings is 1. The molecule has 3 atom stereocenters. The van der Waals surface area contributed by atoms with E-state index < -0.39 is 0 Å². The number of fused-ring (bicyclic) bond motifs is 3. The van der Waals surface area contributed by atoms with Gasteiger partial charge in [-0.25, -0.2) is 5.32 Å². The number of rotatable bonds is 0. The van der Waals surface area contributed by atoms with Crippen LogP contribution in [0, 0.1) is 17.3 Å². The van der Waals surface area contributed by atoms with Gasteiger partial charge in [-0.2, -0.15) is 0 Å². The standard InChI is InChI=1S/C11H18N/c1-4-11(8-12-5-1)7-9-2-3-10(11)6-9/h9-10H,1-8H2. The van der Waals surface area contributed by atoms with Crippen molar-refractivity contribution in [2.45, 2.75) is 38.5 Å². The van der Waals surface area contributed by atoms with Gasteiger partial charge in [0.15, 0.2) is 0 Å². The summed E-state index contributed by atoms with van der Waals surface area (Å²) >= 11 is 0. The Labute approximate surface area is 74.9 Å². The fourth-order valence-electron chi connectivity index (χ4n) is 3.98. The average molecular weight is 164 g/mol. The Bertz CT molecular complexity index is 181. The van der Waals surface area contributed by atoms with Gasteiger partial charge >= 0.3 is 0 Å². The lowest BCUT2D eigenvalue weighted by Crippen LogP contribution is -2.40. The molecule has 3 unspecified atom stereocenters. The lowest BCUT2D eigenvalue weighted by atomic mass is 9.69. The van der Waals surface area contributed by atoms with Gasteiger partial charge in [-0.1, -0.05) is 6.42 Å². The third kappa shape index (κ3) is 0.891. The lowest BCUT2D eigenvalue weighted by molar-refractivity contribution is 0.116. The molecular weight excluding hydrogens is 146 g/mol. The predicted molar refractivity (Wildman–Crippen MR) is 49.0 cm³/mol. The highest BCUT2D eigenvalue weighted by atomic mass is 14.9. The minimum atomic E-state index is 0.723. The summed E-state index contributed by atoms with van der Waals surface area (Å²) in [4.78, 5) is 0. The normalized spacial score (nSPS) is 52.0. The van der Waals surface area contributed by atoms with E-state index in [1.165, 1.54) is 38.6 Å². The molecule has 1 heterocycles. The molecule has 1 radical (unpaired) electrons. The fraction of sp³-hybridized carbons (Fsp3) is 1.00. The summed E-state index contributed by atoms with van der Waals surface area (Å²) in [5.41, 5.74) is 0.723. The van der Waals surface area contributed by atoms with Gasteiger partial charge in [0.25, 0.3) is 0 Å². The van der Waals surface area contributed by atoms with Crippen molar-refractivity contribution in [2.24, 2.45) is 17.3 Å². The molecule has 2 saturated carbocycles.